The lowest BCUT2D eigenvalue weighted by Crippen LogP contribution is -2.46. The molecule has 0 bridgehead atoms. The summed E-state index contributed by atoms with van der Waals surface area (Å²) in [5.74, 6) is 0.945. The number of ether oxygens (including phenoxy) is 2. The number of hydrogen-bond acceptors (Lipinski definition) is 5. The van der Waals surface area contributed by atoms with Gasteiger partial charge in [0.25, 0.3) is 11.5 Å². The second-order valence-corrected chi connectivity index (χ2v) is 8.26. The molecule has 1 aromatic heterocycles. The summed E-state index contributed by atoms with van der Waals surface area (Å²) >= 11 is 0. The Morgan fingerprint density at radius 1 is 1.12 bits per heavy atom. The SMILES string of the molecule is C/C=C/n1cc(-c2cc(OC)c(C(=O)N3CCNCC3)cc2OC)c(/C=C\CCC)c(C)c1=O. The number of piperazine rings is 1. The highest BCUT2D eigenvalue weighted by Gasteiger charge is 2.25. The van der Waals surface area contributed by atoms with Crippen LogP contribution in [0.4, 0.5) is 0 Å². The van der Waals surface area contributed by atoms with Crippen molar-refractivity contribution < 1.29 is 14.3 Å². The molecule has 1 aromatic carbocycles. The van der Waals surface area contributed by atoms with E-state index >= 15 is 0 Å². The molecule has 1 saturated heterocycles. The summed E-state index contributed by atoms with van der Waals surface area (Å²) in [5, 5.41) is 3.27. The highest BCUT2D eigenvalue weighted by Crippen LogP contribution is 2.39. The van der Waals surface area contributed by atoms with Crippen LogP contribution in [-0.2, 0) is 0 Å². The molecule has 1 amide bonds. The maximum atomic E-state index is 13.3. The Balaban J connectivity index is 2.23. The Bertz CT molecular complexity index is 1140. The third-order valence-electron chi connectivity index (χ3n) is 6.01. The van der Waals surface area contributed by atoms with Crippen molar-refractivity contribution >= 4 is 18.2 Å². The van der Waals surface area contributed by atoms with Crippen LogP contribution in [0.15, 0.2) is 35.3 Å². The molecular formula is C27H35N3O4. The average Bonchev–Trinajstić information content (AvgIpc) is 2.87. The van der Waals surface area contributed by atoms with E-state index in [2.05, 4.69) is 18.3 Å². The van der Waals surface area contributed by atoms with Crippen molar-refractivity contribution in [1.29, 1.82) is 0 Å². The van der Waals surface area contributed by atoms with Crippen molar-refractivity contribution in [1.82, 2.24) is 14.8 Å². The second-order valence-electron chi connectivity index (χ2n) is 8.26. The molecule has 2 aromatic rings. The molecule has 1 aliphatic rings. The van der Waals surface area contributed by atoms with Gasteiger partial charge in [0.15, 0.2) is 0 Å². The number of amides is 1. The number of benzene rings is 1. The monoisotopic (exact) mass is 465 g/mol. The topological polar surface area (TPSA) is 72.8 Å². The molecule has 0 atom stereocenters. The first-order valence-electron chi connectivity index (χ1n) is 11.8. The Morgan fingerprint density at radius 3 is 2.44 bits per heavy atom. The quantitative estimate of drug-likeness (QED) is 0.633. The summed E-state index contributed by atoms with van der Waals surface area (Å²) in [6.45, 7) is 8.65. The van der Waals surface area contributed by atoms with Crippen LogP contribution >= 0.6 is 0 Å². The summed E-state index contributed by atoms with van der Waals surface area (Å²) < 4.78 is 13.0. The number of unbranched alkanes of at least 4 members (excludes halogenated alkanes) is 1. The number of allylic oxidation sites excluding steroid dienone is 2. The number of nitrogens with one attached hydrogen (secondary N) is 1. The van der Waals surface area contributed by atoms with E-state index in [1.807, 2.05) is 43.2 Å². The summed E-state index contributed by atoms with van der Waals surface area (Å²) in [5.41, 5.74) is 3.46. The van der Waals surface area contributed by atoms with Crippen LogP contribution in [0.1, 0.15) is 48.2 Å². The Kier molecular flexibility index (Phi) is 8.71. The number of carbonyl (C=O) groups excluding carboxylic acids is 1. The van der Waals surface area contributed by atoms with Gasteiger partial charge >= 0.3 is 0 Å². The van der Waals surface area contributed by atoms with Gasteiger partial charge in [0, 0.05) is 55.3 Å². The first-order valence-corrected chi connectivity index (χ1v) is 11.8. The maximum absolute atomic E-state index is 13.3. The van der Waals surface area contributed by atoms with Gasteiger partial charge in [-0.2, -0.15) is 0 Å². The van der Waals surface area contributed by atoms with Gasteiger partial charge in [-0.25, -0.2) is 0 Å². The zero-order valence-electron chi connectivity index (χ0n) is 20.8. The lowest BCUT2D eigenvalue weighted by molar-refractivity contribution is 0.0732. The van der Waals surface area contributed by atoms with Crippen molar-refractivity contribution in [2.75, 3.05) is 40.4 Å². The molecule has 0 saturated carbocycles. The Hall–Kier alpha value is -3.32. The average molecular weight is 466 g/mol. The smallest absolute Gasteiger partial charge is 0.258 e. The number of hydrogen-bond donors (Lipinski definition) is 1. The fourth-order valence-corrected chi connectivity index (χ4v) is 4.16. The Morgan fingerprint density at radius 2 is 1.82 bits per heavy atom. The lowest BCUT2D eigenvalue weighted by Gasteiger charge is -2.28. The minimum atomic E-state index is -0.0821. The molecule has 1 aliphatic heterocycles. The van der Waals surface area contributed by atoms with E-state index in [1.54, 1.807) is 31.1 Å². The van der Waals surface area contributed by atoms with E-state index in [0.29, 0.717) is 35.7 Å². The molecule has 3 rings (SSSR count). The summed E-state index contributed by atoms with van der Waals surface area (Å²) in [4.78, 5) is 28.1. The Labute approximate surface area is 201 Å². The van der Waals surface area contributed by atoms with E-state index in [1.165, 1.54) is 0 Å². The van der Waals surface area contributed by atoms with Crippen LogP contribution in [0.5, 0.6) is 11.5 Å². The van der Waals surface area contributed by atoms with Gasteiger partial charge in [-0.05, 0) is 38.0 Å². The molecule has 0 spiro atoms. The summed E-state index contributed by atoms with van der Waals surface area (Å²) in [6.07, 6.45) is 11.4. The van der Waals surface area contributed by atoms with Crippen LogP contribution in [0.25, 0.3) is 23.4 Å². The fourth-order valence-electron chi connectivity index (χ4n) is 4.16. The van der Waals surface area contributed by atoms with Crippen LogP contribution in [0, 0.1) is 6.92 Å². The van der Waals surface area contributed by atoms with Crippen LogP contribution in [0.3, 0.4) is 0 Å². The minimum Gasteiger partial charge on any atom is -0.496 e. The molecule has 1 N–H and O–H groups in total. The predicted octanol–water partition coefficient (Wildman–Crippen LogP) is 4.19. The van der Waals surface area contributed by atoms with Crippen molar-refractivity contribution in [2.45, 2.75) is 33.6 Å². The van der Waals surface area contributed by atoms with Crippen LogP contribution in [-0.4, -0.2) is 55.8 Å². The summed E-state index contributed by atoms with van der Waals surface area (Å²) in [7, 11) is 3.15. The maximum Gasteiger partial charge on any atom is 0.258 e. The molecule has 7 heteroatoms. The number of pyridine rings is 1. The van der Waals surface area contributed by atoms with Gasteiger partial charge < -0.3 is 19.7 Å². The zero-order valence-corrected chi connectivity index (χ0v) is 20.8. The fraction of sp³-hybridized carbons (Fsp3) is 0.407. The van der Waals surface area contributed by atoms with Crippen LogP contribution < -0.4 is 20.3 Å². The molecule has 0 radical (unpaired) electrons. The lowest BCUT2D eigenvalue weighted by atomic mass is 9.95. The predicted molar refractivity (Wildman–Crippen MR) is 138 cm³/mol. The van der Waals surface area contributed by atoms with Gasteiger partial charge in [0.1, 0.15) is 11.5 Å². The third-order valence-corrected chi connectivity index (χ3v) is 6.01. The summed E-state index contributed by atoms with van der Waals surface area (Å²) in [6, 6.07) is 3.59. The molecule has 182 valence electrons. The number of nitrogens with zero attached hydrogens (tertiary/aromatic N) is 2. The second kappa shape index (κ2) is 11.7. The molecule has 1 fully saturated rings. The highest BCUT2D eigenvalue weighted by molar-refractivity contribution is 5.99. The van der Waals surface area contributed by atoms with E-state index in [0.717, 1.165) is 42.6 Å². The van der Waals surface area contributed by atoms with Crippen molar-refractivity contribution in [3.63, 3.8) is 0 Å². The number of carbonyl (C=O) groups is 1. The van der Waals surface area contributed by atoms with E-state index < -0.39 is 0 Å². The molecule has 0 unspecified atom stereocenters. The van der Waals surface area contributed by atoms with Gasteiger partial charge in [0.05, 0.1) is 19.8 Å². The van der Waals surface area contributed by atoms with E-state index in [4.69, 9.17) is 9.47 Å². The van der Waals surface area contributed by atoms with Gasteiger partial charge in [-0.15, -0.1) is 0 Å². The number of aromatic nitrogens is 1. The van der Waals surface area contributed by atoms with Crippen molar-refractivity contribution in [2.24, 2.45) is 0 Å². The van der Waals surface area contributed by atoms with Gasteiger partial charge in [-0.3, -0.25) is 14.2 Å². The van der Waals surface area contributed by atoms with Crippen LogP contribution in [0.2, 0.25) is 0 Å². The molecule has 0 aliphatic carbocycles. The third kappa shape index (κ3) is 5.25. The number of rotatable bonds is 8. The van der Waals surface area contributed by atoms with Crippen molar-refractivity contribution in [3.8, 4) is 22.6 Å². The normalized spacial score (nSPS) is 14.2. The van der Waals surface area contributed by atoms with Gasteiger partial charge in [0.2, 0.25) is 0 Å². The first-order chi connectivity index (χ1) is 16.5. The highest BCUT2D eigenvalue weighted by atomic mass is 16.5. The zero-order chi connectivity index (χ0) is 24.7. The molecule has 7 nitrogen and oxygen atoms in total. The first kappa shape index (κ1) is 25.3. The number of methoxy groups -OCH3 is 2. The minimum absolute atomic E-state index is 0.0746. The van der Waals surface area contributed by atoms with Crippen molar-refractivity contribution in [3.05, 3.63) is 57.5 Å². The standard InChI is InChI=1S/C27H35N3O4/c1-6-8-9-10-20-19(3)26(31)30(13-7-2)18-23(20)21-16-25(34-5)22(17-24(21)33-4)27(32)29-14-11-28-12-15-29/h7,9-10,13,16-18,28H,6,8,11-12,14-15H2,1-5H3/b10-9-,13-7+. The molecular weight excluding hydrogens is 430 g/mol. The molecule has 34 heavy (non-hydrogen) atoms. The van der Waals surface area contributed by atoms with Gasteiger partial charge in [-0.1, -0.05) is 31.6 Å². The molecule has 2 heterocycles. The van der Waals surface area contributed by atoms with E-state index in [9.17, 15) is 9.59 Å². The van der Waals surface area contributed by atoms with E-state index in [-0.39, 0.29) is 11.5 Å². The largest absolute Gasteiger partial charge is 0.496 e.